The lowest BCUT2D eigenvalue weighted by atomic mass is 9.72. The van der Waals surface area contributed by atoms with Gasteiger partial charge in [-0.25, -0.2) is 0 Å². The minimum atomic E-state index is -0.354. The molecule has 0 bridgehead atoms. The first-order valence-corrected chi connectivity index (χ1v) is 7.14. The van der Waals surface area contributed by atoms with E-state index in [-0.39, 0.29) is 17.5 Å². The molecule has 2 aliphatic rings. The van der Waals surface area contributed by atoms with E-state index in [4.69, 9.17) is 9.47 Å². The summed E-state index contributed by atoms with van der Waals surface area (Å²) in [4.78, 5) is 12.5. The van der Waals surface area contributed by atoms with Crippen molar-refractivity contribution in [2.24, 2.45) is 5.41 Å². The number of esters is 1. The first-order valence-electron chi connectivity index (χ1n) is 7.14. The van der Waals surface area contributed by atoms with E-state index in [9.17, 15) is 4.79 Å². The predicted octanol–water partition coefficient (Wildman–Crippen LogP) is 3.08. The van der Waals surface area contributed by atoms with Crippen LogP contribution < -0.4 is 0 Å². The lowest BCUT2D eigenvalue weighted by Crippen LogP contribution is -2.40. The zero-order valence-corrected chi connectivity index (χ0v) is 11.1. The van der Waals surface area contributed by atoms with Gasteiger partial charge in [-0.15, -0.1) is 0 Å². The average molecular weight is 260 g/mol. The number of hydrogen-bond acceptors (Lipinski definition) is 3. The van der Waals surface area contributed by atoms with Crippen LogP contribution in [0.1, 0.15) is 37.7 Å². The summed E-state index contributed by atoms with van der Waals surface area (Å²) in [6, 6.07) is 9.85. The van der Waals surface area contributed by atoms with Crippen molar-refractivity contribution in [2.75, 3.05) is 6.61 Å². The van der Waals surface area contributed by atoms with Crippen molar-refractivity contribution in [3.8, 4) is 0 Å². The highest BCUT2D eigenvalue weighted by atomic mass is 16.6. The van der Waals surface area contributed by atoms with E-state index < -0.39 is 0 Å². The van der Waals surface area contributed by atoms with Gasteiger partial charge in [-0.1, -0.05) is 49.6 Å². The third-order valence-electron chi connectivity index (χ3n) is 4.31. The number of carbonyl (C=O) groups excluding carboxylic acids is 1. The topological polar surface area (TPSA) is 38.8 Å². The number of hydrogen-bond donors (Lipinski definition) is 0. The van der Waals surface area contributed by atoms with Crippen molar-refractivity contribution >= 4 is 5.97 Å². The molecule has 1 atom stereocenters. The van der Waals surface area contributed by atoms with E-state index >= 15 is 0 Å². The summed E-state index contributed by atoms with van der Waals surface area (Å²) >= 11 is 0. The van der Waals surface area contributed by atoms with Crippen LogP contribution in [0.3, 0.4) is 0 Å². The van der Waals surface area contributed by atoms with Crippen LogP contribution in [0.15, 0.2) is 30.3 Å². The van der Waals surface area contributed by atoms with Gasteiger partial charge in [0.15, 0.2) is 0 Å². The van der Waals surface area contributed by atoms with Crippen LogP contribution in [-0.4, -0.2) is 18.7 Å². The van der Waals surface area contributed by atoms with Gasteiger partial charge in [0.25, 0.3) is 0 Å². The Morgan fingerprint density at radius 3 is 2.53 bits per heavy atom. The molecule has 0 radical (unpaired) electrons. The van der Waals surface area contributed by atoms with Crippen molar-refractivity contribution in [1.29, 1.82) is 0 Å². The second-order valence-electron chi connectivity index (χ2n) is 5.60. The van der Waals surface area contributed by atoms with Crippen LogP contribution in [0.25, 0.3) is 0 Å². The second-order valence-corrected chi connectivity index (χ2v) is 5.60. The molecule has 3 nitrogen and oxygen atoms in total. The molecule has 1 aromatic carbocycles. The quantitative estimate of drug-likeness (QED) is 0.617. The third kappa shape index (κ3) is 2.66. The van der Waals surface area contributed by atoms with Gasteiger partial charge in [-0.3, -0.25) is 4.79 Å². The summed E-state index contributed by atoms with van der Waals surface area (Å²) in [5.74, 6) is -0.0569. The van der Waals surface area contributed by atoms with Gasteiger partial charge in [-0.05, 0) is 18.4 Å². The summed E-state index contributed by atoms with van der Waals surface area (Å²) in [6.07, 6.45) is 5.40. The zero-order chi connectivity index (χ0) is 13.1. The Morgan fingerprint density at radius 1 is 1.21 bits per heavy atom. The molecule has 1 aliphatic carbocycles. The van der Waals surface area contributed by atoms with Gasteiger partial charge in [0, 0.05) is 0 Å². The fraction of sp³-hybridized carbons (Fsp3) is 0.562. The lowest BCUT2D eigenvalue weighted by Gasteiger charge is -2.33. The standard InChI is InChI=1S/C16H20O3/c17-15(19-11-13-7-3-1-4-8-13)16(14-12-18-14)9-5-2-6-10-16/h1,3-4,7-8,14H,2,5-6,9-12H2. The maximum absolute atomic E-state index is 12.5. The van der Waals surface area contributed by atoms with Crippen LogP contribution in [0.2, 0.25) is 0 Å². The Labute approximate surface area is 113 Å². The zero-order valence-electron chi connectivity index (χ0n) is 11.1. The van der Waals surface area contributed by atoms with Gasteiger partial charge in [0.1, 0.15) is 6.61 Å². The Kier molecular flexibility index (Phi) is 3.56. The number of carbonyl (C=O) groups is 1. The number of rotatable bonds is 4. The maximum atomic E-state index is 12.5. The lowest BCUT2D eigenvalue weighted by molar-refractivity contribution is -0.161. The highest BCUT2D eigenvalue weighted by Gasteiger charge is 2.53. The van der Waals surface area contributed by atoms with E-state index in [1.807, 2.05) is 30.3 Å². The van der Waals surface area contributed by atoms with Crippen LogP contribution in [0.5, 0.6) is 0 Å². The Bertz CT molecular complexity index is 431. The smallest absolute Gasteiger partial charge is 0.315 e. The van der Waals surface area contributed by atoms with Gasteiger partial charge >= 0.3 is 5.97 Å². The molecule has 0 N–H and O–H groups in total. The van der Waals surface area contributed by atoms with E-state index in [2.05, 4.69) is 0 Å². The third-order valence-corrected chi connectivity index (χ3v) is 4.31. The normalized spacial score (nSPS) is 24.7. The van der Waals surface area contributed by atoms with Crippen molar-refractivity contribution in [1.82, 2.24) is 0 Å². The monoisotopic (exact) mass is 260 g/mol. The number of benzene rings is 1. The largest absolute Gasteiger partial charge is 0.460 e. The predicted molar refractivity (Wildman–Crippen MR) is 71.5 cm³/mol. The van der Waals surface area contributed by atoms with Crippen LogP contribution in [0, 0.1) is 5.41 Å². The molecular weight excluding hydrogens is 240 g/mol. The van der Waals surface area contributed by atoms with E-state index in [0.29, 0.717) is 6.61 Å². The van der Waals surface area contributed by atoms with Crippen LogP contribution in [0.4, 0.5) is 0 Å². The highest BCUT2D eigenvalue weighted by molar-refractivity contribution is 5.78. The first-order chi connectivity index (χ1) is 9.31. The number of ether oxygens (including phenoxy) is 2. The Morgan fingerprint density at radius 2 is 1.89 bits per heavy atom. The van der Waals surface area contributed by atoms with Crippen molar-refractivity contribution < 1.29 is 14.3 Å². The van der Waals surface area contributed by atoms with Crippen LogP contribution >= 0.6 is 0 Å². The molecule has 0 amide bonds. The molecule has 3 rings (SSSR count). The fourth-order valence-electron chi connectivity index (χ4n) is 3.07. The van der Waals surface area contributed by atoms with Gasteiger partial charge in [0.2, 0.25) is 0 Å². The minimum Gasteiger partial charge on any atom is -0.460 e. The van der Waals surface area contributed by atoms with Gasteiger partial charge < -0.3 is 9.47 Å². The van der Waals surface area contributed by atoms with E-state index in [1.165, 1.54) is 6.42 Å². The van der Waals surface area contributed by atoms with E-state index in [0.717, 1.165) is 37.9 Å². The summed E-state index contributed by atoms with van der Waals surface area (Å²) < 4.78 is 11.0. The van der Waals surface area contributed by atoms with Crippen molar-refractivity contribution in [3.63, 3.8) is 0 Å². The molecule has 0 aromatic heterocycles. The molecule has 0 spiro atoms. The summed E-state index contributed by atoms with van der Waals surface area (Å²) in [5, 5.41) is 0. The fourth-order valence-corrected chi connectivity index (χ4v) is 3.07. The molecule has 19 heavy (non-hydrogen) atoms. The minimum absolute atomic E-state index is 0.0569. The average Bonchev–Trinajstić information content (AvgIpc) is 3.31. The SMILES string of the molecule is O=C(OCc1ccccc1)C1(C2CO2)CCCCC1. The van der Waals surface area contributed by atoms with Crippen LogP contribution in [-0.2, 0) is 20.9 Å². The van der Waals surface area contributed by atoms with Crippen molar-refractivity contribution in [2.45, 2.75) is 44.8 Å². The van der Waals surface area contributed by atoms with Gasteiger partial charge in [0.05, 0.1) is 18.1 Å². The Balaban J connectivity index is 1.64. The molecule has 1 unspecified atom stereocenters. The molecule has 3 heteroatoms. The van der Waals surface area contributed by atoms with Gasteiger partial charge in [-0.2, -0.15) is 0 Å². The molecule has 1 aliphatic heterocycles. The summed E-state index contributed by atoms with van der Waals surface area (Å²) in [6.45, 7) is 1.09. The maximum Gasteiger partial charge on any atom is 0.315 e. The van der Waals surface area contributed by atoms with Crippen molar-refractivity contribution in [3.05, 3.63) is 35.9 Å². The second kappa shape index (κ2) is 5.33. The molecule has 1 saturated heterocycles. The summed E-state index contributed by atoms with van der Waals surface area (Å²) in [5.41, 5.74) is 0.686. The molecule has 1 aromatic rings. The molecule has 1 heterocycles. The number of epoxide rings is 1. The first kappa shape index (κ1) is 12.7. The molecule has 1 saturated carbocycles. The summed E-state index contributed by atoms with van der Waals surface area (Å²) in [7, 11) is 0. The molecular formula is C16H20O3. The molecule has 102 valence electrons. The highest BCUT2D eigenvalue weighted by Crippen LogP contribution is 2.46. The van der Waals surface area contributed by atoms with E-state index in [1.54, 1.807) is 0 Å². The molecule has 2 fully saturated rings. The Hall–Kier alpha value is -1.35.